The van der Waals surface area contributed by atoms with E-state index in [1.165, 1.54) is 0 Å². The Hall–Kier alpha value is -1.42. The van der Waals surface area contributed by atoms with Crippen LogP contribution in [-0.2, 0) is 11.2 Å². The lowest BCUT2D eigenvalue weighted by atomic mass is 10.2. The van der Waals surface area contributed by atoms with E-state index in [9.17, 15) is 4.79 Å². The minimum atomic E-state index is 0.0325. The molecule has 0 bridgehead atoms. The predicted molar refractivity (Wildman–Crippen MR) is 59.5 cm³/mol. The molecule has 82 valence electrons. The lowest BCUT2D eigenvalue weighted by Crippen LogP contribution is -2.37. The van der Waals surface area contributed by atoms with Crippen molar-refractivity contribution >= 4 is 5.91 Å². The van der Waals surface area contributed by atoms with Crippen LogP contribution in [0.2, 0.25) is 0 Å². The van der Waals surface area contributed by atoms with Crippen molar-refractivity contribution in [2.24, 2.45) is 0 Å². The predicted octanol–water partition coefficient (Wildman–Crippen LogP) is 0.348. The van der Waals surface area contributed by atoms with E-state index in [1.54, 1.807) is 12.4 Å². The summed E-state index contributed by atoms with van der Waals surface area (Å²) in [6.45, 7) is 2.67. The molecule has 1 aromatic heterocycles. The lowest BCUT2D eigenvalue weighted by Gasteiger charge is -2.11. The Bertz CT molecular complexity index is 300. The zero-order valence-corrected chi connectivity index (χ0v) is 9.16. The summed E-state index contributed by atoms with van der Waals surface area (Å²) in [6.07, 6.45) is 3.80. The summed E-state index contributed by atoms with van der Waals surface area (Å²) in [5.41, 5.74) is 0.937. The minimum Gasteiger partial charge on any atom is -0.354 e. The van der Waals surface area contributed by atoms with Crippen LogP contribution in [0, 0.1) is 0 Å². The first kappa shape index (κ1) is 11.7. The molecule has 0 saturated heterocycles. The third-order valence-corrected chi connectivity index (χ3v) is 2.19. The zero-order valence-electron chi connectivity index (χ0n) is 9.16. The van der Waals surface area contributed by atoms with Gasteiger partial charge in [0.1, 0.15) is 0 Å². The maximum absolute atomic E-state index is 11.5. The highest BCUT2D eigenvalue weighted by Crippen LogP contribution is 1.96. The van der Waals surface area contributed by atoms with Gasteiger partial charge in [-0.2, -0.15) is 0 Å². The first-order valence-corrected chi connectivity index (χ1v) is 5.05. The summed E-state index contributed by atoms with van der Waals surface area (Å²) in [6, 6.07) is 4.02. The van der Waals surface area contributed by atoms with Crippen LogP contribution in [0.4, 0.5) is 0 Å². The number of rotatable bonds is 5. The molecule has 4 heteroatoms. The van der Waals surface area contributed by atoms with Gasteiger partial charge in [0.2, 0.25) is 5.91 Å². The molecular formula is C11H17N3O. The van der Waals surface area contributed by atoms with Gasteiger partial charge >= 0.3 is 0 Å². The van der Waals surface area contributed by atoms with Crippen LogP contribution < -0.4 is 10.6 Å². The molecule has 0 radical (unpaired) electrons. The van der Waals surface area contributed by atoms with Crippen LogP contribution in [-0.4, -0.2) is 30.5 Å². The van der Waals surface area contributed by atoms with Crippen molar-refractivity contribution < 1.29 is 4.79 Å². The summed E-state index contributed by atoms with van der Waals surface area (Å²) in [5.74, 6) is 0.0325. The van der Waals surface area contributed by atoms with Crippen molar-refractivity contribution in [1.82, 2.24) is 15.6 Å². The first-order chi connectivity index (χ1) is 7.22. The number of pyridine rings is 1. The van der Waals surface area contributed by atoms with Crippen molar-refractivity contribution in [2.75, 3.05) is 13.6 Å². The average molecular weight is 207 g/mol. The molecule has 15 heavy (non-hydrogen) atoms. The molecule has 0 aliphatic rings. The van der Waals surface area contributed by atoms with E-state index in [1.807, 2.05) is 26.1 Å². The molecule has 0 aliphatic heterocycles. The van der Waals surface area contributed by atoms with E-state index in [0.29, 0.717) is 19.0 Å². The highest BCUT2D eigenvalue weighted by Gasteiger charge is 2.04. The summed E-state index contributed by atoms with van der Waals surface area (Å²) >= 11 is 0. The smallest absolute Gasteiger partial charge is 0.224 e. The number of hydrogen-bond donors (Lipinski definition) is 2. The quantitative estimate of drug-likeness (QED) is 0.732. The topological polar surface area (TPSA) is 54.0 Å². The molecule has 0 aromatic carbocycles. The second-order valence-electron chi connectivity index (χ2n) is 3.53. The molecule has 1 unspecified atom stereocenters. The molecule has 1 heterocycles. The third kappa shape index (κ3) is 4.56. The van der Waals surface area contributed by atoms with Crippen molar-refractivity contribution in [1.29, 1.82) is 0 Å². The summed E-state index contributed by atoms with van der Waals surface area (Å²) in [4.78, 5) is 15.4. The molecule has 2 N–H and O–H groups in total. The third-order valence-electron chi connectivity index (χ3n) is 2.19. The molecule has 1 rings (SSSR count). The highest BCUT2D eigenvalue weighted by molar-refractivity contribution is 5.78. The van der Waals surface area contributed by atoms with Crippen molar-refractivity contribution in [3.8, 4) is 0 Å². The van der Waals surface area contributed by atoms with Gasteiger partial charge in [0.15, 0.2) is 0 Å². The number of amides is 1. The van der Waals surface area contributed by atoms with Crippen molar-refractivity contribution in [3.05, 3.63) is 30.1 Å². The van der Waals surface area contributed by atoms with E-state index in [0.717, 1.165) is 5.56 Å². The summed E-state index contributed by atoms with van der Waals surface area (Å²) < 4.78 is 0. The van der Waals surface area contributed by atoms with E-state index in [2.05, 4.69) is 15.6 Å². The number of nitrogens with zero attached hydrogens (tertiary/aromatic N) is 1. The molecular weight excluding hydrogens is 190 g/mol. The van der Waals surface area contributed by atoms with Crippen LogP contribution in [0.3, 0.4) is 0 Å². The molecule has 0 spiro atoms. The maximum Gasteiger partial charge on any atom is 0.224 e. The number of aromatic nitrogens is 1. The van der Waals surface area contributed by atoms with Gasteiger partial charge in [0, 0.05) is 25.0 Å². The first-order valence-electron chi connectivity index (χ1n) is 5.05. The standard InChI is InChI=1S/C11H17N3O/c1-9(12-2)7-14-11(15)6-10-4-3-5-13-8-10/h3-5,8-9,12H,6-7H2,1-2H3,(H,14,15). The highest BCUT2D eigenvalue weighted by atomic mass is 16.1. The Morgan fingerprint density at radius 2 is 2.40 bits per heavy atom. The Morgan fingerprint density at radius 1 is 1.60 bits per heavy atom. The molecule has 4 nitrogen and oxygen atoms in total. The number of likely N-dealkylation sites (N-methyl/N-ethyl adjacent to an activating group) is 1. The Labute approximate surface area is 90.1 Å². The average Bonchev–Trinajstić information content (AvgIpc) is 2.27. The Balaban J connectivity index is 2.31. The maximum atomic E-state index is 11.5. The van der Waals surface area contributed by atoms with Gasteiger partial charge < -0.3 is 10.6 Å². The zero-order chi connectivity index (χ0) is 11.1. The Kier molecular flexibility index (Phi) is 4.77. The van der Waals surface area contributed by atoms with Crippen molar-refractivity contribution in [2.45, 2.75) is 19.4 Å². The molecule has 0 fully saturated rings. The normalized spacial score (nSPS) is 12.1. The summed E-state index contributed by atoms with van der Waals surface area (Å²) in [7, 11) is 1.87. The van der Waals surface area contributed by atoms with Gasteiger partial charge in [-0.05, 0) is 25.6 Å². The molecule has 1 atom stereocenters. The molecule has 1 aromatic rings. The van der Waals surface area contributed by atoms with Crippen LogP contribution in [0.1, 0.15) is 12.5 Å². The minimum absolute atomic E-state index is 0.0325. The van der Waals surface area contributed by atoms with E-state index >= 15 is 0 Å². The Morgan fingerprint density at radius 3 is 3.00 bits per heavy atom. The number of hydrogen-bond acceptors (Lipinski definition) is 3. The number of carbonyl (C=O) groups is 1. The lowest BCUT2D eigenvalue weighted by molar-refractivity contribution is -0.120. The SMILES string of the molecule is CNC(C)CNC(=O)Cc1cccnc1. The van der Waals surface area contributed by atoms with Crippen LogP contribution in [0.5, 0.6) is 0 Å². The fourth-order valence-electron chi connectivity index (χ4n) is 1.12. The van der Waals surface area contributed by atoms with E-state index in [-0.39, 0.29) is 5.91 Å². The molecule has 0 saturated carbocycles. The molecule has 0 aliphatic carbocycles. The number of nitrogens with one attached hydrogen (secondary N) is 2. The van der Waals surface area contributed by atoms with E-state index in [4.69, 9.17) is 0 Å². The fourth-order valence-corrected chi connectivity index (χ4v) is 1.12. The fraction of sp³-hybridized carbons (Fsp3) is 0.455. The van der Waals surface area contributed by atoms with Crippen LogP contribution in [0.25, 0.3) is 0 Å². The van der Waals surface area contributed by atoms with Gasteiger partial charge in [0.05, 0.1) is 6.42 Å². The number of carbonyl (C=O) groups excluding carboxylic acids is 1. The molecule has 1 amide bonds. The van der Waals surface area contributed by atoms with Gasteiger partial charge in [-0.15, -0.1) is 0 Å². The van der Waals surface area contributed by atoms with Gasteiger partial charge in [0.25, 0.3) is 0 Å². The van der Waals surface area contributed by atoms with E-state index < -0.39 is 0 Å². The van der Waals surface area contributed by atoms with Gasteiger partial charge in [-0.1, -0.05) is 6.07 Å². The largest absolute Gasteiger partial charge is 0.354 e. The second kappa shape index (κ2) is 6.14. The van der Waals surface area contributed by atoms with Gasteiger partial charge in [-0.25, -0.2) is 0 Å². The summed E-state index contributed by atoms with van der Waals surface area (Å²) in [5, 5.41) is 5.91. The van der Waals surface area contributed by atoms with Crippen molar-refractivity contribution in [3.63, 3.8) is 0 Å². The second-order valence-corrected chi connectivity index (χ2v) is 3.53. The van der Waals surface area contributed by atoms with Gasteiger partial charge in [-0.3, -0.25) is 9.78 Å². The van der Waals surface area contributed by atoms with Crippen LogP contribution in [0.15, 0.2) is 24.5 Å². The van der Waals surface area contributed by atoms with Crippen LogP contribution >= 0.6 is 0 Å². The monoisotopic (exact) mass is 207 g/mol.